The van der Waals surface area contributed by atoms with E-state index >= 15 is 0 Å². The third kappa shape index (κ3) is 4.51. The summed E-state index contributed by atoms with van der Waals surface area (Å²) in [5.74, 6) is 0. The van der Waals surface area contributed by atoms with E-state index in [1.54, 1.807) is 11.8 Å². The SMILES string of the molecule is O/N=C1/CC/C=C/CC/C=C/CC[C@H]1Sc1nc2ccccc2o1. The van der Waals surface area contributed by atoms with Gasteiger partial charge in [0.25, 0.3) is 5.22 Å². The van der Waals surface area contributed by atoms with Crippen molar-refractivity contribution < 1.29 is 9.62 Å². The Hall–Kier alpha value is -2.01. The van der Waals surface area contributed by atoms with Crippen molar-refractivity contribution in [3.8, 4) is 0 Å². The molecule has 1 N–H and O–H groups in total. The van der Waals surface area contributed by atoms with Crippen molar-refractivity contribution in [3.63, 3.8) is 0 Å². The highest BCUT2D eigenvalue weighted by atomic mass is 32.2. The maximum atomic E-state index is 9.47. The number of hydrogen-bond donors (Lipinski definition) is 1. The lowest BCUT2D eigenvalue weighted by atomic mass is 10.1. The van der Waals surface area contributed by atoms with Crippen LogP contribution in [0, 0.1) is 0 Å². The number of hydrogen-bond acceptors (Lipinski definition) is 5. The fraction of sp³-hybridized carbons (Fsp3) is 0.368. The van der Waals surface area contributed by atoms with Gasteiger partial charge in [0.1, 0.15) is 5.52 Å². The maximum Gasteiger partial charge on any atom is 0.257 e. The van der Waals surface area contributed by atoms with Crippen LogP contribution < -0.4 is 0 Å². The van der Waals surface area contributed by atoms with Crippen molar-refractivity contribution in [2.24, 2.45) is 5.16 Å². The number of thioether (sulfide) groups is 1. The van der Waals surface area contributed by atoms with Crippen LogP contribution in [0.25, 0.3) is 11.1 Å². The Morgan fingerprint density at radius 2 is 1.79 bits per heavy atom. The molecule has 0 saturated heterocycles. The number of para-hydroxylation sites is 2. The molecule has 5 heteroatoms. The average Bonchev–Trinajstić information content (AvgIpc) is 3.00. The lowest BCUT2D eigenvalue weighted by Gasteiger charge is -2.15. The normalized spacial score (nSPS) is 24.3. The number of aromatic nitrogens is 1. The molecule has 4 nitrogen and oxygen atoms in total. The van der Waals surface area contributed by atoms with Crippen molar-refractivity contribution in [1.82, 2.24) is 4.98 Å². The van der Waals surface area contributed by atoms with Crippen LogP contribution in [-0.2, 0) is 0 Å². The minimum atomic E-state index is 0.0699. The zero-order chi connectivity index (χ0) is 16.6. The third-order valence-corrected chi connectivity index (χ3v) is 5.18. The van der Waals surface area contributed by atoms with Crippen LogP contribution in [-0.4, -0.2) is 21.2 Å². The predicted molar refractivity (Wildman–Crippen MR) is 98.9 cm³/mol. The molecular formula is C19H22N2O2S. The summed E-state index contributed by atoms with van der Waals surface area (Å²) in [6.45, 7) is 0. The summed E-state index contributed by atoms with van der Waals surface area (Å²) in [6.07, 6.45) is 14.5. The van der Waals surface area contributed by atoms with E-state index in [-0.39, 0.29) is 5.25 Å². The van der Waals surface area contributed by atoms with Crippen molar-refractivity contribution in [2.75, 3.05) is 0 Å². The van der Waals surface area contributed by atoms with Crippen LogP contribution in [0.5, 0.6) is 0 Å². The van der Waals surface area contributed by atoms with E-state index in [0.717, 1.165) is 55.3 Å². The summed E-state index contributed by atoms with van der Waals surface area (Å²) in [5, 5.41) is 13.7. The second-order valence-corrected chi connectivity index (χ2v) is 6.94. The van der Waals surface area contributed by atoms with E-state index in [0.29, 0.717) is 5.22 Å². The molecule has 1 atom stereocenters. The van der Waals surface area contributed by atoms with E-state index in [1.165, 1.54) is 0 Å². The van der Waals surface area contributed by atoms with Gasteiger partial charge < -0.3 is 9.62 Å². The van der Waals surface area contributed by atoms with Gasteiger partial charge in [-0.05, 0) is 50.7 Å². The fourth-order valence-corrected chi connectivity index (χ4v) is 3.82. The quantitative estimate of drug-likeness (QED) is 0.439. The van der Waals surface area contributed by atoms with Gasteiger partial charge in [-0.25, -0.2) is 4.98 Å². The second kappa shape index (κ2) is 8.73. The molecule has 1 aromatic heterocycles. The number of oxime groups is 1. The molecular weight excluding hydrogens is 320 g/mol. The largest absolute Gasteiger partial charge is 0.431 e. The van der Waals surface area contributed by atoms with Gasteiger partial charge in [-0.1, -0.05) is 53.4 Å². The van der Waals surface area contributed by atoms with Crippen LogP contribution in [0.1, 0.15) is 38.5 Å². The Morgan fingerprint density at radius 3 is 2.58 bits per heavy atom. The Balaban J connectivity index is 1.77. The zero-order valence-electron chi connectivity index (χ0n) is 13.6. The van der Waals surface area contributed by atoms with Crippen LogP contribution in [0.2, 0.25) is 0 Å². The summed E-state index contributed by atoms with van der Waals surface area (Å²) < 4.78 is 5.82. The minimum absolute atomic E-state index is 0.0699. The Bertz CT molecular complexity index is 716. The highest BCUT2D eigenvalue weighted by molar-refractivity contribution is 8.00. The highest BCUT2D eigenvalue weighted by Gasteiger charge is 2.20. The fourth-order valence-electron chi connectivity index (χ4n) is 2.73. The molecule has 1 aliphatic carbocycles. The van der Waals surface area contributed by atoms with Crippen LogP contribution in [0.15, 0.2) is 63.4 Å². The minimum Gasteiger partial charge on any atom is -0.431 e. The van der Waals surface area contributed by atoms with Crippen molar-refractivity contribution in [3.05, 3.63) is 48.6 Å². The van der Waals surface area contributed by atoms with Gasteiger partial charge >= 0.3 is 0 Å². The smallest absolute Gasteiger partial charge is 0.257 e. The molecule has 0 spiro atoms. The van der Waals surface area contributed by atoms with Gasteiger partial charge in [0.2, 0.25) is 0 Å². The van der Waals surface area contributed by atoms with Crippen molar-refractivity contribution in [1.29, 1.82) is 0 Å². The second-order valence-electron chi connectivity index (χ2n) is 5.78. The number of oxazole rings is 1. The first-order valence-electron chi connectivity index (χ1n) is 8.40. The van der Waals surface area contributed by atoms with Crippen LogP contribution >= 0.6 is 11.8 Å². The van der Waals surface area contributed by atoms with E-state index in [9.17, 15) is 5.21 Å². The van der Waals surface area contributed by atoms with Gasteiger partial charge in [0, 0.05) is 0 Å². The maximum absolute atomic E-state index is 9.47. The first-order chi connectivity index (χ1) is 11.9. The zero-order valence-corrected chi connectivity index (χ0v) is 14.4. The number of rotatable bonds is 2. The Kier molecular flexibility index (Phi) is 6.13. The standard InChI is InChI=1S/C19H22N2O2S/c22-21-16-12-7-5-3-1-2-4-6-8-14-18(16)24-19-20-15-11-9-10-13-17(15)23-19/h3-6,9-11,13,18,22H,1-2,7-8,12,14H2/b5-3+,6-4+,21-16-/t18-/m1/s1. The summed E-state index contributed by atoms with van der Waals surface area (Å²) in [5.41, 5.74) is 2.46. The van der Waals surface area contributed by atoms with Gasteiger partial charge in [0.15, 0.2) is 5.58 Å². The van der Waals surface area contributed by atoms with Crippen molar-refractivity contribution >= 4 is 28.6 Å². The third-order valence-electron chi connectivity index (χ3n) is 4.01. The van der Waals surface area contributed by atoms with Gasteiger partial charge in [-0.3, -0.25) is 0 Å². The molecule has 0 fully saturated rings. The molecule has 0 radical (unpaired) electrons. The highest BCUT2D eigenvalue weighted by Crippen LogP contribution is 2.31. The molecule has 24 heavy (non-hydrogen) atoms. The number of allylic oxidation sites excluding steroid dienone is 4. The van der Waals surface area contributed by atoms with Crippen LogP contribution in [0.4, 0.5) is 0 Å². The first-order valence-corrected chi connectivity index (χ1v) is 9.28. The predicted octanol–water partition coefficient (Wildman–Crippen LogP) is 5.59. The average molecular weight is 342 g/mol. The molecule has 126 valence electrons. The molecule has 0 aliphatic heterocycles. The van der Waals surface area contributed by atoms with Crippen LogP contribution in [0.3, 0.4) is 0 Å². The molecule has 1 heterocycles. The first kappa shape index (κ1) is 16.8. The Morgan fingerprint density at radius 1 is 1.04 bits per heavy atom. The monoisotopic (exact) mass is 342 g/mol. The van der Waals surface area contributed by atoms with Gasteiger partial charge in [-0.15, -0.1) is 0 Å². The summed E-state index contributed by atoms with van der Waals surface area (Å²) >= 11 is 1.55. The molecule has 1 aliphatic rings. The Labute approximate surface area is 146 Å². The van der Waals surface area contributed by atoms with Gasteiger partial charge in [-0.2, -0.15) is 0 Å². The molecule has 0 unspecified atom stereocenters. The van der Waals surface area contributed by atoms with E-state index in [2.05, 4.69) is 34.4 Å². The lowest BCUT2D eigenvalue weighted by Crippen LogP contribution is -2.17. The summed E-state index contributed by atoms with van der Waals surface area (Å²) in [7, 11) is 0. The number of fused-ring (bicyclic) bond motifs is 1. The molecule has 3 rings (SSSR count). The van der Waals surface area contributed by atoms with E-state index in [4.69, 9.17) is 4.42 Å². The van der Waals surface area contributed by atoms with E-state index < -0.39 is 0 Å². The summed E-state index contributed by atoms with van der Waals surface area (Å²) in [6, 6.07) is 7.75. The topological polar surface area (TPSA) is 58.6 Å². The van der Waals surface area contributed by atoms with E-state index in [1.807, 2.05) is 24.3 Å². The van der Waals surface area contributed by atoms with Gasteiger partial charge in [0.05, 0.1) is 11.0 Å². The molecule has 0 bridgehead atoms. The molecule has 2 aromatic rings. The lowest BCUT2D eigenvalue weighted by molar-refractivity contribution is 0.316. The summed E-state index contributed by atoms with van der Waals surface area (Å²) in [4.78, 5) is 4.53. The van der Waals surface area contributed by atoms with Crippen molar-refractivity contribution in [2.45, 2.75) is 49.0 Å². The number of nitrogens with zero attached hydrogens (tertiary/aromatic N) is 2. The molecule has 0 amide bonds. The number of benzene rings is 1. The molecule has 0 saturated carbocycles. The molecule has 1 aromatic carbocycles.